The van der Waals surface area contributed by atoms with E-state index in [4.69, 9.17) is 4.74 Å². The van der Waals surface area contributed by atoms with Crippen LogP contribution in [-0.4, -0.2) is 28.4 Å². The molecule has 0 bridgehead atoms. The summed E-state index contributed by atoms with van der Waals surface area (Å²) in [4.78, 5) is 3.97. The summed E-state index contributed by atoms with van der Waals surface area (Å²) < 4.78 is 10.3. The molecule has 1 aromatic rings. The molecule has 1 aliphatic rings. The maximum Gasteiger partial charge on any atom is 0.213 e. The molecule has 2 rings (SSSR count). The van der Waals surface area contributed by atoms with Crippen molar-refractivity contribution in [3.8, 4) is 0 Å². The summed E-state index contributed by atoms with van der Waals surface area (Å²) in [6, 6.07) is 0.488. The van der Waals surface area contributed by atoms with E-state index in [2.05, 4.69) is 33.8 Å². The molecule has 0 radical (unpaired) electrons. The Balaban J connectivity index is 1.79. The molecule has 2 atom stereocenters. The predicted octanol–water partition coefficient (Wildman–Crippen LogP) is 1.12. The van der Waals surface area contributed by atoms with Crippen molar-refractivity contribution < 1.29 is 9.26 Å². The van der Waals surface area contributed by atoms with Gasteiger partial charge in [0.05, 0.1) is 18.8 Å². The Labute approximate surface area is 89.2 Å². The molecule has 0 aromatic carbocycles. The number of nitrogens with one attached hydrogen (secondary N) is 1. The van der Waals surface area contributed by atoms with Crippen LogP contribution in [0.15, 0.2) is 10.9 Å². The van der Waals surface area contributed by atoms with Gasteiger partial charge < -0.3 is 14.6 Å². The minimum absolute atomic E-state index is 0.330. The molecule has 1 aliphatic heterocycles. The van der Waals surface area contributed by atoms with Crippen molar-refractivity contribution in [2.45, 2.75) is 51.5 Å². The molecule has 2 heterocycles. The SMILES string of the molecule is CC1CC(NCc2ncon2)CC(C)O1. The van der Waals surface area contributed by atoms with Gasteiger partial charge in [0, 0.05) is 6.04 Å². The van der Waals surface area contributed by atoms with Crippen molar-refractivity contribution in [3.05, 3.63) is 12.2 Å². The zero-order chi connectivity index (χ0) is 10.7. The zero-order valence-electron chi connectivity index (χ0n) is 9.14. The molecule has 5 heteroatoms. The highest BCUT2D eigenvalue weighted by molar-refractivity contribution is 4.83. The third-order valence-electron chi connectivity index (χ3n) is 2.65. The fraction of sp³-hybridized carbons (Fsp3) is 0.800. The van der Waals surface area contributed by atoms with Gasteiger partial charge in [0.2, 0.25) is 6.39 Å². The Morgan fingerprint density at radius 3 is 2.73 bits per heavy atom. The maximum atomic E-state index is 5.66. The molecule has 0 aliphatic carbocycles. The largest absolute Gasteiger partial charge is 0.375 e. The number of ether oxygens (including phenoxy) is 1. The average Bonchev–Trinajstić information content (AvgIpc) is 2.65. The van der Waals surface area contributed by atoms with Gasteiger partial charge in [-0.1, -0.05) is 5.16 Å². The van der Waals surface area contributed by atoms with E-state index in [-0.39, 0.29) is 0 Å². The summed E-state index contributed by atoms with van der Waals surface area (Å²) in [5, 5.41) is 7.18. The molecule has 0 spiro atoms. The van der Waals surface area contributed by atoms with Crippen LogP contribution >= 0.6 is 0 Å². The third-order valence-corrected chi connectivity index (χ3v) is 2.65. The van der Waals surface area contributed by atoms with Crippen LogP contribution in [-0.2, 0) is 11.3 Å². The highest BCUT2D eigenvalue weighted by atomic mass is 16.5. The van der Waals surface area contributed by atoms with Crippen molar-refractivity contribution in [1.29, 1.82) is 0 Å². The molecule has 84 valence electrons. The summed E-state index contributed by atoms with van der Waals surface area (Å²) in [6.45, 7) is 4.89. The lowest BCUT2D eigenvalue weighted by molar-refractivity contribution is -0.0423. The first kappa shape index (κ1) is 10.6. The molecular formula is C10H17N3O2. The molecule has 0 amide bonds. The highest BCUT2D eigenvalue weighted by Crippen LogP contribution is 2.18. The van der Waals surface area contributed by atoms with Gasteiger partial charge >= 0.3 is 0 Å². The molecule has 1 fully saturated rings. The van der Waals surface area contributed by atoms with Crippen LogP contribution in [0.25, 0.3) is 0 Å². The van der Waals surface area contributed by atoms with Gasteiger partial charge in [-0.25, -0.2) is 0 Å². The van der Waals surface area contributed by atoms with Crippen molar-refractivity contribution in [2.24, 2.45) is 0 Å². The quantitative estimate of drug-likeness (QED) is 0.811. The van der Waals surface area contributed by atoms with Gasteiger partial charge in [-0.15, -0.1) is 0 Å². The molecule has 1 aromatic heterocycles. The van der Waals surface area contributed by atoms with E-state index < -0.39 is 0 Å². The topological polar surface area (TPSA) is 60.2 Å². The van der Waals surface area contributed by atoms with Crippen molar-refractivity contribution in [1.82, 2.24) is 15.5 Å². The van der Waals surface area contributed by atoms with E-state index >= 15 is 0 Å². The maximum absolute atomic E-state index is 5.66. The molecular weight excluding hydrogens is 194 g/mol. The molecule has 5 nitrogen and oxygen atoms in total. The number of rotatable bonds is 3. The number of nitrogens with zero attached hydrogens (tertiary/aromatic N) is 2. The molecule has 1 saturated heterocycles. The Morgan fingerprint density at radius 2 is 2.13 bits per heavy atom. The van der Waals surface area contributed by atoms with Crippen LogP contribution in [0.2, 0.25) is 0 Å². The first-order valence-corrected chi connectivity index (χ1v) is 5.38. The molecule has 15 heavy (non-hydrogen) atoms. The summed E-state index contributed by atoms with van der Waals surface area (Å²) in [7, 11) is 0. The van der Waals surface area contributed by atoms with Gasteiger partial charge in [0.15, 0.2) is 5.82 Å². The van der Waals surface area contributed by atoms with Gasteiger partial charge in [-0.05, 0) is 26.7 Å². The van der Waals surface area contributed by atoms with E-state index in [1.807, 2.05) is 0 Å². The summed E-state index contributed by atoms with van der Waals surface area (Å²) >= 11 is 0. The second-order valence-corrected chi connectivity index (χ2v) is 4.15. The van der Waals surface area contributed by atoms with Crippen molar-refractivity contribution >= 4 is 0 Å². The van der Waals surface area contributed by atoms with Crippen LogP contribution in [0.4, 0.5) is 0 Å². The highest BCUT2D eigenvalue weighted by Gasteiger charge is 2.23. The fourth-order valence-electron chi connectivity index (χ4n) is 2.08. The lowest BCUT2D eigenvalue weighted by Crippen LogP contribution is -2.41. The minimum atomic E-state index is 0.330. The summed E-state index contributed by atoms with van der Waals surface area (Å²) in [5.41, 5.74) is 0. The average molecular weight is 211 g/mol. The molecule has 1 N–H and O–H groups in total. The van der Waals surface area contributed by atoms with Gasteiger partial charge in [0.1, 0.15) is 0 Å². The second-order valence-electron chi connectivity index (χ2n) is 4.15. The fourth-order valence-corrected chi connectivity index (χ4v) is 2.08. The number of aromatic nitrogens is 2. The van der Waals surface area contributed by atoms with E-state index in [1.54, 1.807) is 0 Å². The summed E-state index contributed by atoms with van der Waals surface area (Å²) in [6.07, 6.45) is 4.10. The van der Waals surface area contributed by atoms with E-state index in [1.165, 1.54) is 6.39 Å². The standard InChI is InChI=1S/C10H17N3O2/c1-7-3-9(4-8(2)15-7)11-5-10-12-6-14-13-10/h6-9,11H,3-5H2,1-2H3. The van der Waals surface area contributed by atoms with Crippen LogP contribution in [0, 0.1) is 0 Å². The van der Waals surface area contributed by atoms with Gasteiger partial charge in [0.25, 0.3) is 0 Å². The van der Waals surface area contributed by atoms with E-state index in [9.17, 15) is 0 Å². The lowest BCUT2D eigenvalue weighted by atomic mass is 10.00. The Hall–Kier alpha value is -0.940. The first-order valence-electron chi connectivity index (χ1n) is 5.38. The molecule has 0 saturated carbocycles. The van der Waals surface area contributed by atoms with E-state index in [0.29, 0.717) is 30.6 Å². The zero-order valence-corrected chi connectivity index (χ0v) is 9.14. The van der Waals surface area contributed by atoms with E-state index in [0.717, 1.165) is 12.8 Å². The second kappa shape index (κ2) is 4.72. The normalized spacial score (nSPS) is 31.7. The number of hydrogen-bond acceptors (Lipinski definition) is 5. The van der Waals surface area contributed by atoms with Crippen molar-refractivity contribution in [3.63, 3.8) is 0 Å². The predicted molar refractivity (Wildman–Crippen MR) is 54.2 cm³/mol. The monoisotopic (exact) mass is 211 g/mol. The molecule has 2 unspecified atom stereocenters. The number of hydrogen-bond donors (Lipinski definition) is 1. The van der Waals surface area contributed by atoms with Crippen molar-refractivity contribution in [2.75, 3.05) is 0 Å². The Morgan fingerprint density at radius 1 is 1.40 bits per heavy atom. The lowest BCUT2D eigenvalue weighted by Gasteiger charge is -2.32. The van der Waals surface area contributed by atoms with Crippen LogP contribution in [0.3, 0.4) is 0 Å². The summed E-state index contributed by atoms with van der Waals surface area (Å²) in [5.74, 6) is 0.710. The third kappa shape index (κ3) is 3.00. The smallest absolute Gasteiger partial charge is 0.213 e. The Bertz CT molecular complexity index is 279. The van der Waals surface area contributed by atoms with Gasteiger partial charge in [-0.3, -0.25) is 0 Å². The van der Waals surface area contributed by atoms with Crippen LogP contribution in [0.1, 0.15) is 32.5 Å². The van der Waals surface area contributed by atoms with Gasteiger partial charge in [-0.2, -0.15) is 4.98 Å². The van der Waals surface area contributed by atoms with Crippen LogP contribution in [0.5, 0.6) is 0 Å². The minimum Gasteiger partial charge on any atom is -0.375 e. The Kier molecular flexibility index (Phi) is 3.33. The van der Waals surface area contributed by atoms with Crippen LogP contribution < -0.4 is 5.32 Å². The first-order chi connectivity index (χ1) is 7.24.